The molecule has 0 saturated carbocycles. The van der Waals surface area contributed by atoms with Gasteiger partial charge in [-0.05, 0) is 26.0 Å². The van der Waals surface area contributed by atoms with Crippen molar-refractivity contribution in [3.05, 3.63) is 33.0 Å². The lowest BCUT2D eigenvalue weighted by Crippen LogP contribution is -2.14. The van der Waals surface area contributed by atoms with Crippen molar-refractivity contribution in [2.24, 2.45) is 0 Å². The van der Waals surface area contributed by atoms with E-state index >= 15 is 0 Å². The van der Waals surface area contributed by atoms with E-state index in [2.05, 4.69) is 10.6 Å². The van der Waals surface area contributed by atoms with Crippen LogP contribution in [-0.2, 0) is 20.9 Å². The van der Waals surface area contributed by atoms with Gasteiger partial charge in [0.15, 0.2) is 6.29 Å². The summed E-state index contributed by atoms with van der Waals surface area (Å²) < 4.78 is 5.14. The first kappa shape index (κ1) is 19.6. The molecule has 3 rings (SSSR count). The van der Waals surface area contributed by atoms with Gasteiger partial charge in [0.25, 0.3) is 5.91 Å². The molecular weight excluding hydrogens is 384 g/mol. The summed E-state index contributed by atoms with van der Waals surface area (Å²) in [5, 5.41) is 6.85. The predicted octanol–water partition coefficient (Wildman–Crippen LogP) is 3.57. The van der Waals surface area contributed by atoms with E-state index in [-0.39, 0.29) is 24.3 Å². The van der Waals surface area contributed by atoms with Gasteiger partial charge in [-0.1, -0.05) is 0 Å². The third kappa shape index (κ3) is 5.64. The fourth-order valence-corrected chi connectivity index (χ4v) is 3.98. The molecular formula is C16H17ClN2O4S2. The van der Waals surface area contributed by atoms with Gasteiger partial charge in [-0.15, -0.1) is 34.3 Å². The Morgan fingerprint density at radius 1 is 1.32 bits per heavy atom. The lowest BCUT2D eigenvalue weighted by molar-refractivity contribution is -0.120. The standard InChI is InChI=1S/C8H8ClNO2S.C8H9NO2S/c1-5-2-6(4-11)8(13-5)10-7(12)3-9;1-5-2-6-3-11-4-7(10)9-8(6)12-5/h2,4H,3H2,1H3,(H,10,12);2H,3-4H2,1H3,(H,9,10). The van der Waals surface area contributed by atoms with Gasteiger partial charge in [-0.3, -0.25) is 14.4 Å². The summed E-state index contributed by atoms with van der Waals surface area (Å²) in [6, 6.07) is 3.77. The van der Waals surface area contributed by atoms with E-state index in [1.165, 1.54) is 16.2 Å². The highest BCUT2D eigenvalue weighted by Gasteiger charge is 2.14. The molecule has 2 amide bonds. The van der Waals surface area contributed by atoms with Gasteiger partial charge in [0.2, 0.25) is 5.91 Å². The zero-order valence-corrected chi connectivity index (χ0v) is 16.1. The number of rotatable bonds is 3. The summed E-state index contributed by atoms with van der Waals surface area (Å²) in [6.45, 7) is 4.60. The molecule has 2 N–H and O–H groups in total. The minimum Gasteiger partial charge on any atom is -0.367 e. The van der Waals surface area contributed by atoms with Crippen molar-refractivity contribution in [2.75, 3.05) is 23.1 Å². The summed E-state index contributed by atoms with van der Waals surface area (Å²) in [5.74, 6) is -0.461. The summed E-state index contributed by atoms with van der Waals surface area (Å²) >= 11 is 8.26. The number of halogens is 1. The van der Waals surface area contributed by atoms with Crippen molar-refractivity contribution in [3.63, 3.8) is 0 Å². The molecule has 0 saturated heterocycles. The fraction of sp³-hybridized carbons (Fsp3) is 0.312. The van der Waals surface area contributed by atoms with E-state index in [9.17, 15) is 14.4 Å². The van der Waals surface area contributed by atoms with E-state index in [1.807, 2.05) is 19.9 Å². The molecule has 6 nitrogen and oxygen atoms in total. The van der Waals surface area contributed by atoms with Gasteiger partial charge in [-0.25, -0.2) is 0 Å². The van der Waals surface area contributed by atoms with Crippen molar-refractivity contribution in [3.8, 4) is 0 Å². The number of alkyl halides is 1. The minimum atomic E-state index is -0.299. The number of carbonyl (C=O) groups is 3. The van der Waals surface area contributed by atoms with E-state index < -0.39 is 0 Å². The molecule has 0 fully saturated rings. The van der Waals surface area contributed by atoms with Crippen LogP contribution in [0.4, 0.5) is 10.0 Å². The first-order valence-electron chi connectivity index (χ1n) is 7.31. The highest BCUT2D eigenvalue weighted by molar-refractivity contribution is 7.16. The summed E-state index contributed by atoms with van der Waals surface area (Å²) in [6.07, 6.45) is 0.716. The van der Waals surface area contributed by atoms with E-state index in [4.69, 9.17) is 16.3 Å². The number of nitrogens with one attached hydrogen (secondary N) is 2. The molecule has 0 aromatic carbocycles. The van der Waals surface area contributed by atoms with Crippen LogP contribution >= 0.6 is 34.3 Å². The third-order valence-electron chi connectivity index (χ3n) is 3.06. The lowest BCUT2D eigenvalue weighted by atomic mass is 10.3. The number of aldehydes is 1. The Hall–Kier alpha value is -1.74. The number of hydrogen-bond acceptors (Lipinski definition) is 6. The Balaban J connectivity index is 0.000000181. The van der Waals surface area contributed by atoms with Crippen molar-refractivity contribution < 1.29 is 19.1 Å². The van der Waals surface area contributed by atoms with Crippen LogP contribution in [0.2, 0.25) is 0 Å². The third-order valence-corrected chi connectivity index (χ3v) is 5.29. The highest BCUT2D eigenvalue weighted by Crippen LogP contribution is 2.29. The Bertz CT molecular complexity index is 785. The first-order chi connectivity index (χ1) is 11.9. The topological polar surface area (TPSA) is 84.5 Å². The van der Waals surface area contributed by atoms with Crippen molar-refractivity contribution >= 4 is 62.4 Å². The molecule has 0 spiro atoms. The van der Waals surface area contributed by atoms with Crippen LogP contribution in [0, 0.1) is 13.8 Å². The normalized spacial score (nSPS) is 13.0. The number of ether oxygens (including phenoxy) is 1. The number of hydrogen-bond donors (Lipinski definition) is 2. The average Bonchev–Trinajstić information content (AvgIpc) is 3.04. The average molecular weight is 401 g/mol. The monoisotopic (exact) mass is 400 g/mol. The Kier molecular flexibility index (Phi) is 7.12. The number of thiophene rings is 2. The zero-order chi connectivity index (χ0) is 18.4. The maximum atomic E-state index is 11.0. The van der Waals surface area contributed by atoms with Crippen LogP contribution < -0.4 is 10.6 Å². The molecule has 0 aliphatic carbocycles. The zero-order valence-electron chi connectivity index (χ0n) is 13.7. The molecule has 1 aliphatic heterocycles. The maximum absolute atomic E-state index is 11.0. The smallest absolute Gasteiger partial charge is 0.250 e. The van der Waals surface area contributed by atoms with Gasteiger partial charge >= 0.3 is 0 Å². The van der Waals surface area contributed by atoms with Crippen LogP contribution in [0.25, 0.3) is 0 Å². The minimum absolute atomic E-state index is 0.0596. The van der Waals surface area contributed by atoms with E-state index in [0.29, 0.717) is 23.5 Å². The number of fused-ring (bicyclic) bond motifs is 1. The molecule has 2 aromatic rings. The summed E-state index contributed by atoms with van der Waals surface area (Å²) in [4.78, 5) is 34.6. The Morgan fingerprint density at radius 3 is 2.72 bits per heavy atom. The molecule has 2 aromatic heterocycles. The molecule has 0 radical (unpaired) electrons. The van der Waals surface area contributed by atoms with E-state index in [1.54, 1.807) is 17.4 Å². The van der Waals surface area contributed by atoms with Gasteiger partial charge < -0.3 is 15.4 Å². The van der Waals surface area contributed by atoms with Gasteiger partial charge in [-0.2, -0.15) is 0 Å². The van der Waals surface area contributed by atoms with Crippen molar-refractivity contribution in [2.45, 2.75) is 20.5 Å². The number of aryl methyl sites for hydroxylation is 2. The SMILES string of the molecule is Cc1cc(C=O)c(NC(=O)CCl)s1.Cc1cc2c(s1)NC(=O)COC2. The number of anilines is 2. The highest BCUT2D eigenvalue weighted by atomic mass is 35.5. The second kappa shape index (κ2) is 9.10. The molecule has 134 valence electrons. The second-order valence-electron chi connectivity index (χ2n) is 5.19. The van der Waals surface area contributed by atoms with Gasteiger partial charge in [0.1, 0.15) is 22.5 Å². The van der Waals surface area contributed by atoms with Gasteiger partial charge in [0, 0.05) is 20.9 Å². The number of carbonyl (C=O) groups excluding carboxylic acids is 3. The largest absolute Gasteiger partial charge is 0.367 e. The van der Waals surface area contributed by atoms with Crippen LogP contribution in [0.15, 0.2) is 12.1 Å². The van der Waals surface area contributed by atoms with Gasteiger partial charge in [0.05, 0.1) is 6.61 Å². The predicted molar refractivity (Wildman–Crippen MR) is 101 cm³/mol. The molecule has 0 unspecified atom stereocenters. The van der Waals surface area contributed by atoms with Crippen LogP contribution in [0.1, 0.15) is 25.7 Å². The quantitative estimate of drug-likeness (QED) is 0.609. The van der Waals surface area contributed by atoms with Crippen LogP contribution in [0.5, 0.6) is 0 Å². The molecule has 9 heteroatoms. The Labute approximate surface area is 158 Å². The van der Waals surface area contributed by atoms with Crippen molar-refractivity contribution in [1.29, 1.82) is 0 Å². The molecule has 1 aliphatic rings. The van der Waals surface area contributed by atoms with E-state index in [0.717, 1.165) is 15.4 Å². The first-order valence-corrected chi connectivity index (χ1v) is 9.48. The molecule has 25 heavy (non-hydrogen) atoms. The van der Waals surface area contributed by atoms with Crippen LogP contribution in [-0.4, -0.2) is 30.6 Å². The lowest BCUT2D eigenvalue weighted by Gasteiger charge is -1.98. The molecule has 0 atom stereocenters. The maximum Gasteiger partial charge on any atom is 0.250 e. The summed E-state index contributed by atoms with van der Waals surface area (Å²) in [7, 11) is 0. The number of amides is 2. The second-order valence-corrected chi connectivity index (χ2v) is 7.97. The molecule has 3 heterocycles. The molecule has 0 bridgehead atoms. The van der Waals surface area contributed by atoms with Crippen LogP contribution in [0.3, 0.4) is 0 Å². The Morgan fingerprint density at radius 2 is 2.04 bits per heavy atom. The summed E-state index contributed by atoms with van der Waals surface area (Å²) in [5.41, 5.74) is 1.59. The fourth-order valence-electron chi connectivity index (χ4n) is 2.08. The van der Waals surface area contributed by atoms with Crippen molar-refractivity contribution in [1.82, 2.24) is 0 Å².